The zero-order valence-corrected chi connectivity index (χ0v) is 39.4. The summed E-state index contributed by atoms with van der Waals surface area (Å²) >= 11 is 1.96. The number of benzene rings is 7. The SMILES string of the molecule is CC(C)(C)c1ccc(N2c3sc4cc5c(cc4c3Bc3c(-c4cccc6c4Nc4ccccc4C6(C)C)cc4c(oc6ccccc64)c32)C(C)(C)CCC5(C)C)c(-c2ccccc2)c1. The Balaban J connectivity index is 1.23. The molecule has 4 heterocycles. The molecule has 0 amide bonds. The highest BCUT2D eigenvalue weighted by Crippen LogP contribution is 2.55. The van der Waals surface area contributed by atoms with Crippen molar-refractivity contribution < 1.29 is 4.42 Å². The molecule has 9 aromatic rings. The van der Waals surface area contributed by atoms with E-state index in [4.69, 9.17) is 4.42 Å². The Morgan fingerprint density at radius 2 is 1.31 bits per heavy atom. The summed E-state index contributed by atoms with van der Waals surface area (Å²) in [5, 5.41) is 8.94. The summed E-state index contributed by atoms with van der Waals surface area (Å²) in [6.45, 7) is 21.5. The van der Waals surface area contributed by atoms with Crippen LogP contribution in [0.25, 0.3) is 54.3 Å². The Labute approximate surface area is 382 Å². The maximum absolute atomic E-state index is 7.18. The molecule has 0 fully saturated rings. The summed E-state index contributed by atoms with van der Waals surface area (Å²) in [6.07, 6.45) is 2.37. The van der Waals surface area contributed by atoms with Gasteiger partial charge in [0.15, 0.2) is 5.58 Å². The molecule has 0 spiro atoms. The van der Waals surface area contributed by atoms with Gasteiger partial charge in [-0.2, -0.15) is 0 Å². The number of thiophene rings is 1. The van der Waals surface area contributed by atoms with Crippen LogP contribution in [0.4, 0.5) is 27.8 Å². The highest BCUT2D eigenvalue weighted by molar-refractivity contribution is 7.25. The molecule has 12 rings (SSSR count). The van der Waals surface area contributed by atoms with Gasteiger partial charge in [0.05, 0.1) is 22.1 Å². The molecule has 2 aromatic heterocycles. The molecule has 316 valence electrons. The van der Waals surface area contributed by atoms with E-state index in [1.165, 1.54) is 106 Å². The number of rotatable bonds is 3. The average molecular weight is 851 g/mol. The van der Waals surface area contributed by atoms with Gasteiger partial charge in [-0.3, -0.25) is 4.90 Å². The Kier molecular flexibility index (Phi) is 8.34. The summed E-state index contributed by atoms with van der Waals surface area (Å²) in [5.74, 6) is 0. The average Bonchev–Trinajstić information content (AvgIpc) is 3.84. The Morgan fingerprint density at radius 1 is 0.609 bits per heavy atom. The molecule has 3 nitrogen and oxygen atoms in total. The van der Waals surface area contributed by atoms with Gasteiger partial charge >= 0.3 is 0 Å². The molecule has 64 heavy (non-hydrogen) atoms. The van der Waals surface area contributed by atoms with E-state index >= 15 is 0 Å². The van der Waals surface area contributed by atoms with Gasteiger partial charge in [-0.1, -0.05) is 153 Å². The van der Waals surface area contributed by atoms with E-state index in [1.54, 1.807) is 0 Å². The maximum Gasteiger partial charge on any atom is 0.200 e. The molecular formula is C59H55BN2OS. The molecule has 1 N–H and O–H groups in total. The monoisotopic (exact) mass is 850 g/mol. The van der Waals surface area contributed by atoms with Crippen molar-refractivity contribution in [2.24, 2.45) is 0 Å². The molecular weight excluding hydrogens is 796 g/mol. The third-order valence-corrected chi connectivity index (χ3v) is 16.5. The highest BCUT2D eigenvalue weighted by atomic mass is 32.1. The summed E-state index contributed by atoms with van der Waals surface area (Å²) < 4.78 is 8.54. The first-order valence-corrected chi connectivity index (χ1v) is 24.0. The first-order chi connectivity index (χ1) is 30.6. The predicted octanol–water partition coefficient (Wildman–Crippen LogP) is 15.3. The quantitative estimate of drug-likeness (QED) is 0.180. The molecule has 0 radical (unpaired) electrons. The van der Waals surface area contributed by atoms with Gasteiger partial charge < -0.3 is 9.73 Å². The van der Waals surface area contributed by atoms with Crippen molar-refractivity contribution in [1.82, 2.24) is 0 Å². The smallest absolute Gasteiger partial charge is 0.200 e. The fourth-order valence-corrected chi connectivity index (χ4v) is 12.8. The second-order valence-corrected chi connectivity index (χ2v) is 22.7. The van der Waals surface area contributed by atoms with E-state index < -0.39 is 0 Å². The minimum atomic E-state index is -0.193. The summed E-state index contributed by atoms with van der Waals surface area (Å²) in [7, 11) is 0.788. The fraction of sp³-hybridized carbons (Fsp3) is 0.254. The zero-order chi connectivity index (χ0) is 44.1. The standard InChI is InChI=1S/C59H55BN2OS/c1-56(2,3)35-26-27-47(38(30-35)34-18-11-10-12-19-34)62-53-50(60-51-41-32-44-45(33-49(41)64-55(51)62)58(6,7)29-28-57(44,4)5)39(31-40-36-20-13-16-25-48(36)63-54(40)53)37-21-17-23-43-52(37)61-46-24-15-14-22-42(46)59(43,8)9/h10-27,30-33,60-61H,28-29H2,1-9H3. The van der Waals surface area contributed by atoms with Crippen molar-refractivity contribution in [2.45, 2.75) is 96.8 Å². The lowest BCUT2D eigenvalue weighted by molar-refractivity contribution is 0.332. The summed E-state index contributed by atoms with van der Waals surface area (Å²) in [4.78, 5) is 2.62. The maximum atomic E-state index is 7.18. The molecule has 0 bridgehead atoms. The Morgan fingerprint density at radius 3 is 2.09 bits per heavy atom. The minimum Gasteiger partial charge on any atom is -0.454 e. The normalized spacial score (nSPS) is 16.7. The first kappa shape index (κ1) is 39.5. The van der Waals surface area contributed by atoms with Crippen LogP contribution >= 0.6 is 11.3 Å². The van der Waals surface area contributed by atoms with E-state index in [2.05, 4.69) is 206 Å². The number of nitrogens with zero attached hydrogens (tertiary/aromatic N) is 1. The van der Waals surface area contributed by atoms with Gasteiger partial charge in [-0.15, -0.1) is 11.3 Å². The zero-order valence-electron chi connectivity index (χ0n) is 38.6. The summed E-state index contributed by atoms with van der Waals surface area (Å²) in [5.41, 5.74) is 21.0. The van der Waals surface area contributed by atoms with Gasteiger partial charge in [0, 0.05) is 37.7 Å². The topological polar surface area (TPSA) is 28.4 Å². The van der Waals surface area contributed by atoms with Crippen molar-refractivity contribution in [3.05, 3.63) is 161 Å². The second kappa shape index (κ2) is 13.5. The molecule has 3 aliphatic rings. The van der Waals surface area contributed by atoms with Gasteiger partial charge in [-0.05, 0) is 127 Å². The molecule has 1 aliphatic carbocycles. The van der Waals surface area contributed by atoms with Crippen molar-refractivity contribution in [1.29, 1.82) is 0 Å². The Hall–Kier alpha value is -6.04. The van der Waals surface area contributed by atoms with Crippen LogP contribution in [0.3, 0.4) is 0 Å². The lowest BCUT2D eigenvalue weighted by Gasteiger charge is -2.42. The fourth-order valence-electron chi connectivity index (χ4n) is 11.5. The number of furan rings is 1. The number of anilines is 5. The third kappa shape index (κ3) is 5.72. The van der Waals surface area contributed by atoms with E-state index in [0.29, 0.717) is 0 Å². The van der Waals surface area contributed by atoms with Gasteiger partial charge in [0.25, 0.3) is 0 Å². The van der Waals surface area contributed by atoms with Crippen LogP contribution < -0.4 is 21.1 Å². The van der Waals surface area contributed by atoms with E-state index in [0.717, 1.165) is 34.9 Å². The molecule has 2 aliphatic heterocycles. The third-order valence-electron chi connectivity index (χ3n) is 15.3. The van der Waals surface area contributed by atoms with Crippen LogP contribution in [0.2, 0.25) is 0 Å². The van der Waals surface area contributed by atoms with E-state index in [-0.39, 0.29) is 21.7 Å². The lowest BCUT2D eigenvalue weighted by Crippen LogP contribution is -2.40. The van der Waals surface area contributed by atoms with Crippen LogP contribution in [0.1, 0.15) is 103 Å². The number of fused-ring (bicyclic) bond motifs is 11. The first-order valence-electron chi connectivity index (χ1n) is 23.2. The Bertz CT molecular complexity index is 3410. The number of hydrogen-bond acceptors (Lipinski definition) is 4. The molecule has 5 heteroatoms. The largest absolute Gasteiger partial charge is 0.454 e. The van der Waals surface area contributed by atoms with Crippen LogP contribution in [-0.4, -0.2) is 7.28 Å². The van der Waals surface area contributed by atoms with Gasteiger partial charge in [-0.25, -0.2) is 0 Å². The van der Waals surface area contributed by atoms with Crippen molar-refractivity contribution in [3.63, 3.8) is 0 Å². The minimum absolute atomic E-state index is 0.0334. The molecule has 7 aromatic carbocycles. The molecule has 0 saturated carbocycles. The summed E-state index contributed by atoms with van der Waals surface area (Å²) in [6, 6.07) is 50.3. The number of nitrogens with one attached hydrogen (secondary N) is 1. The van der Waals surface area contributed by atoms with Crippen molar-refractivity contribution in [3.8, 4) is 22.3 Å². The van der Waals surface area contributed by atoms with Crippen LogP contribution in [-0.2, 0) is 21.7 Å². The van der Waals surface area contributed by atoms with Crippen LogP contribution in [0.5, 0.6) is 0 Å². The lowest BCUT2D eigenvalue weighted by atomic mass is 9.57. The molecule has 0 atom stereocenters. The van der Waals surface area contributed by atoms with Crippen LogP contribution in [0.15, 0.2) is 138 Å². The molecule has 0 saturated heterocycles. The number of hydrogen-bond donors (Lipinski definition) is 1. The van der Waals surface area contributed by atoms with Gasteiger partial charge in [0.1, 0.15) is 5.58 Å². The van der Waals surface area contributed by atoms with E-state index in [1.807, 2.05) is 11.3 Å². The van der Waals surface area contributed by atoms with Crippen molar-refractivity contribution in [2.75, 3.05) is 10.2 Å². The highest BCUT2D eigenvalue weighted by Gasteiger charge is 2.41. The molecule has 0 unspecified atom stereocenters. The van der Waals surface area contributed by atoms with Crippen LogP contribution in [0, 0.1) is 0 Å². The van der Waals surface area contributed by atoms with Crippen molar-refractivity contribution >= 4 is 89.3 Å². The number of para-hydroxylation sites is 3. The second-order valence-electron chi connectivity index (χ2n) is 21.7. The predicted molar refractivity (Wildman–Crippen MR) is 277 cm³/mol. The van der Waals surface area contributed by atoms with Gasteiger partial charge in [0.2, 0.25) is 7.28 Å². The van der Waals surface area contributed by atoms with E-state index in [9.17, 15) is 0 Å².